The number of aryl methyl sites for hydroxylation is 1. The van der Waals surface area contributed by atoms with Crippen molar-refractivity contribution >= 4 is 0 Å². The van der Waals surface area contributed by atoms with E-state index >= 15 is 0 Å². The number of hydrogen-bond donors (Lipinski definition) is 0. The first kappa shape index (κ1) is 19.6. The zero-order chi connectivity index (χ0) is 18.5. The predicted octanol–water partition coefficient (Wildman–Crippen LogP) is 7.71. The Hall–Kier alpha value is -1.18. The van der Waals surface area contributed by atoms with Gasteiger partial charge in [-0.05, 0) is 80.2 Å². The van der Waals surface area contributed by atoms with Crippen molar-refractivity contribution in [2.24, 2.45) is 17.8 Å². The van der Waals surface area contributed by atoms with Crippen molar-refractivity contribution in [3.8, 4) is 0 Å². The van der Waals surface area contributed by atoms with E-state index in [0.717, 1.165) is 37.5 Å². The van der Waals surface area contributed by atoms with Crippen LogP contribution in [0.25, 0.3) is 0 Å². The lowest BCUT2D eigenvalue weighted by molar-refractivity contribution is 0.278. The molecule has 0 spiro atoms. The Labute approximate surface area is 158 Å². The molecular weight excluding hydrogens is 326 g/mol. The summed E-state index contributed by atoms with van der Waals surface area (Å²) in [6, 6.07) is 3.51. The van der Waals surface area contributed by atoms with Crippen LogP contribution in [0.15, 0.2) is 24.3 Å². The van der Waals surface area contributed by atoms with Gasteiger partial charge in [0.2, 0.25) is 0 Å². The van der Waals surface area contributed by atoms with Crippen LogP contribution in [0.4, 0.5) is 8.78 Å². The Bertz CT molecular complexity index is 603. The monoisotopic (exact) mass is 360 g/mol. The number of hydrogen-bond acceptors (Lipinski definition) is 0. The van der Waals surface area contributed by atoms with E-state index in [-0.39, 0.29) is 5.92 Å². The van der Waals surface area contributed by atoms with Crippen molar-refractivity contribution in [1.29, 1.82) is 0 Å². The standard InChI is InChI=1S/C24H34F2/c1-17-7-10-19(11-8-17)5-3-4-6-20-12-14-21(15-13-20)22-16-9-18(2)23(25)24(22)26/h4,6,9,16-17,19-21H,3,5,7-8,10-15H2,1-2H3/b6-4+. The summed E-state index contributed by atoms with van der Waals surface area (Å²) >= 11 is 0. The predicted molar refractivity (Wildman–Crippen MR) is 105 cm³/mol. The quantitative estimate of drug-likeness (QED) is 0.472. The molecule has 0 heterocycles. The minimum atomic E-state index is -0.665. The SMILES string of the molecule is Cc1ccc(C2CCC(/C=C/CCC3CCC(C)CC3)CC2)c(F)c1F. The molecule has 0 unspecified atom stereocenters. The van der Waals surface area contributed by atoms with Gasteiger partial charge in [-0.25, -0.2) is 8.78 Å². The van der Waals surface area contributed by atoms with E-state index in [0.29, 0.717) is 17.0 Å². The summed E-state index contributed by atoms with van der Waals surface area (Å²) in [5, 5.41) is 0. The first-order chi connectivity index (χ1) is 12.5. The van der Waals surface area contributed by atoms with E-state index in [9.17, 15) is 8.78 Å². The van der Waals surface area contributed by atoms with Gasteiger partial charge in [0.25, 0.3) is 0 Å². The maximum absolute atomic E-state index is 14.2. The minimum absolute atomic E-state index is 0.180. The van der Waals surface area contributed by atoms with Crippen LogP contribution in [-0.2, 0) is 0 Å². The van der Waals surface area contributed by atoms with Gasteiger partial charge >= 0.3 is 0 Å². The molecule has 1 aromatic rings. The van der Waals surface area contributed by atoms with E-state index in [2.05, 4.69) is 19.1 Å². The Morgan fingerprint density at radius 1 is 0.923 bits per heavy atom. The molecule has 144 valence electrons. The molecule has 26 heavy (non-hydrogen) atoms. The molecule has 0 aromatic heterocycles. The maximum atomic E-state index is 14.2. The Morgan fingerprint density at radius 3 is 2.31 bits per heavy atom. The molecule has 2 saturated carbocycles. The van der Waals surface area contributed by atoms with Gasteiger partial charge in [-0.3, -0.25) is 0 Å². The first-order valence-corrected chi connectivity index (χ1v) is 10.7. The molecule has 0 aliphatic heterocycles. The molecule has 1 aromatic carbocycles. The highest BCUT2D eigenvalue weighted by molar-refractivity contribution is 5.28. The summed E-state index contributed by atoms with van der Waals surface area (Å²) < 4.78 is 28.0. The van der Waals surface area contributed by atoms with Crippen molar-refractivity contribution in [3.63, 3.8) is 0 Å². The Morgan fingerprint density at radius 2 is 1.62 bits per heavy atom. The summed E-state index contributed by atoms with van der Waals surface area (Å²) in [6.45, 7) is 4.00. The normalized spacial score (nSPS) is 30.0. The van der Waals surface area contributed by atoms with Gasteiger partial charge in [-0.1, -0.05) is 56.9 Å². The lowest BCUT2D eigenvalue weighted by Gasteiger charge is -2.28. The van der Waals surface area contributed by atoms with Crippen LogP contribution in [0.3, 0.4) is 0 Å². The van der Waals surface area contributed by atoms with E-state index in [1.807, 2.05) is 0 Å². The summed E-state index contributed by atoms with van der Waals surface area (Å²) in [5.74, 6) is 1.39. The molecule has 0 bridgehead atoms. The molecule has 2 heteroatoms. The molecule has 0 radical (unpaired) electrons. The molecule has 2 fully saturated rings. The lowest BCUT2D eigenvalue weighted by atomic mass is 9.78. The third-order valence-corrected chi connectivity index (χ3v) is 6.80. The summed E-state index contributed by atoms with van der Waals surface area (Å²) in [7, 11) is 0. The topological polar surface area (TPSA) is 0 Å². The molecule has 0 nitrogen and oxygen atoms in total. The average molecular weight is 361 g/mol. The fourth-order valence-electron chi connectivity index (χ4n) is 4.84. The zero-order valence-electron chi connectivity index (χ0n) is 16.4. The van der Waals surface area contributed by atoms with Crippen LogP contribution in [0.2, 0.25) is 0 Å². The van der Waals surface area contributed by atoms with Gasteiger partial charge in [-0.2, -0.15) is 0 Å². The van der Waals surface area contributed by atoms with Crippen molar-refractivity contribution in [2.75, 3.05) is 0 Å². The molecule has 0 N–H and O–H groups in total. The summed E-state index contributed by atoms with van der Waals surface area (Å²) in [5.41, 5.74) is 0.984. The van der Waals surface area contributed by atoms with Crippen LogP contribution in [0.1, 0.15) is 88.2 Å². The van der Waals surface area contributed by atoms with Crippen molar-refractivity contribution in [1.82, 2.24) is 0 Å². The van der Waals surface area contributed by atoms with Crippen LogP contribution >= 0.6 is 0 Å². The van der Waals surface area contributed by atoms with E-state index in [1.165, 1.54) is 38.5 Å². The minimum Gasteiger partial charge on any atom is -0.203 e. The van der Waals surface area contributed by atoms with Gasteiger partial charge in [0, 0.05) is 0 Å². The Balaban J connectivity index is 1.42. The number of allylic oxidation sites excluding steroid dienone is 2. The third kappa shape index (κ3) is 4.96. The highest BCUT2D eigenvalue weighted by Crippen LogP contribution is 2.38. The maximum Gasteiger partial charge on any atom is 0.162 e. The van der Waals surface area contributed by atoms with Gasteiger partial charge < -0.3 is 0 Å². The molecule has 2 aliphatic carbocycles. The second-order valence-corrected chi connectivity index (χ2v) is 8.84. The molecule has 0 atom stereocenters. The van der Waals surface area contributed by atoms with Gasteiger partial charge in [-0.15, -0.1) is 0 Å². The fourth-order valence-corrected chi connectivity index (χ4v) is 4.84. The third-order valence-electron chi connectivity index (χ3n) is 6.80. The van der Waals surface area contributed by atoms with Gasteiger partial charge in [0.05, 0.1) is 0 Å². The van der Waals surface area contributed by atoms with Gasteiger partial charge in [0.1, 0.15) is 0 Å². The molecule has 2 aliphatic rings. The summed E-state index contributed by atoms with van der Waals surface area (Å²) in [4.78, 5) is 0. The van der Waals surface area contributed by atoms with Crippen LogP contribution < -0.4 is 0 Å². The number of halogens is 2. The number of benzene rings is 1. The first-order valence-electron chi connectivity index (χ1n) is 10.7. The molecule has 3 rings (SSSR count). The zero-order valence-corrected chi connectivity index (χ0v) is 16.4. The second kappa shape index (κ2) is 9.15. The lowest BCUT2D eigenvalue weighted by Crippen LogP contribution is -2.14. The van der Waals surface area contributed by atoms with Crippen molar-refractivity contribution in [3.05, 3.63) is 47.0 Å². The molecule has 0 amide bonds. The second-order valence-electron chi connectivity index (χ2n) is 8.84. The summed E-state index contributed by atoms with van der Waals surface area (Å²) in [6.07, 6.45) is 17.1. The van der Waals surface area contributed by atoms with Crippen LogP contribution in [-0.4, -0.2) is 0 Å². The van der Waals surface area contributed by atoms with Crippen LogP contribution in [0, 0.1) is 36.3 Å². The smallest absolute Gasteiger partial charge is 0.162 e. The van der Waals surface area contributed by atoms with Crippen molar-refractivity contribution < 1.29 is 8.78 Å². The highest BCUT2D eigenvalue weighted by atomic mass is 19.2. The molecule has 0 saturated heterocycles. The largest absolute Gasteiger partial charge is 0.203 e. The van der Waals surface area contributed by atoms with E-state index in [1.54, 1.807) is 19.1 Å². The van der Waals surface area contributed by atoms with E-state index < -0.39 is 11.6 Å². The number of rotatable bonds is 5. The van der Waals surface area contributed by atoms with E-state index in [4.69, 9.17) is 0 Å². The Kier molecular flexibility index (Phi) is 6.89. The van der Waals surface area contributed by atoms with Crippen LogP contribution in [0.5, 0.6) is 0 Å². The van der Waals surface area contributed by atoms with Gasteiger partial charge in [0.15, 0.2) is 11.6 Å². The molecular formula is C24H34F2. The van der Waals surface area contributed by atoms with Crippen molar-refractivity contribution in [2.45, 2.75) is 84.0 Å². The highest BCUT2D eigenvalue weighted by Gasteiger charge is 2.25. The average Bonchev–Trinajstić information content (AvgIpc) is 2.66. The fraction of sp³-hybridized carbons (Fsp3) is 0.667.